The number of likely N-dealkylation sites (tertiary alicyclic amines) is 1. The lowest BCUT2D eigenvalue weighted by Crippen LogP contribution is -2.42. The molecule has 0 amide bonds. The van der Waals surface area contributed by atoms with Gasteiger partial charge >= 0.3 is 0 Å². The number of aliphatic hydroxyl groups excluding tert-OH is 1. The predicted molar refractivity (Wildman–Crippen MR) is 78.9 cm³/mol. The number of hydrogen-bond donors (Lipinski definition) is 1. The molecule has 1 N–H and O–H groups in total. The Morgan fingerprint density at radius 2 is 2.14 bits per heavy atom. The van der Waals surface area contributed by atoms with Crippen molar-refractivity contribution < 1.29 is 19.0 Å². The number of hydrogen-bond acceptors (Lipinski definition) is 4. The molecule has 1 heterocycles. The molecule has 21 heavy (non-hydrogen) atoms. The van der Waals surface area contributed by atoms with Crippen LogP contribution in [0.1, 0.15) is 12.8 Å². The van der Waals surface area contributed by atoms with Gasteiger partial charge < -0.3 is 19.5 Å². The van der Waals surface area contributed by atoms with Gasteiger partial charge in [0, 0.05) is 20.2 Å². The fourth-order valence-corrected chi connectivity index (χ4v) is 2.76. The third kappa shape index (κ3) is 5.61. The zero-order valence-corrected chi connectivity index (χ0v) is 12.5. The highest BCUT2D eigenvalue weighted by atomic mass is 19.1. The number of ether oxygens (including phenoxy) is 2. The van der Waals surface area contributed by atoms with Crippen LogP contribution in [0.5, 0.6) is 5.75 Å². The summed E-state index contributed by atoms with van der Waals surface area (Å²) in [7, 11) is 1.73. The molecule has 2 unspecified atom stereocenters. The van der Waals surface area contributed by atoms with E-state index in [0.29, 0.717) is 18.2 Å². The first-order chi connectivity index (χ1) is 10.2. The number of benzene rings is 1. The number of halogens is 1. The Bertz CT molecular complexity index is 410. The Balaban J connectivity index is 1.71. The van der Waals surface area contributed by atoms with E-state index in [2.05, 4.69) is 4.90 Å². The molecule has 1 aromatic carbocycles. The van der Waals surface area contributed by atoms with E-state index in [1.165, 1.54) is 18.6 Å². The third-order valence-corrected chi connectivity index (χ3v) is 3.73. The molecule has 118 valence electrons. The van der Waals surface area contributed by atoms with Crippen LogP contribution in [0.15, 0.2) is 24.3 Å². The highest BCUT2D eigenvalue weighted by Crippen LogP contribution is 2.17. The fraction of sp³-hybridized carbons (Fsp3) is 0.625. The molecule has 1 aliphatic heterocycles. The number of aliphatic hydroxyl groups is 1. The van der Waals surface area contributed by atoms with Gasteiger partial charge in [-0.15, -0.1) is 0 Å². The van der Waals surface area contributed by atoms with E-state index < -0.39 is 6.10 Å². The summed E-state index contributed by atoms with van der Waals surface area (Å²) in [5, 5.41) is 10.1. The highest BCUT2D eigenvalue weighted by Gasteiger charge is 2.21. The zero-order valence-electron chi connectivity index (χ0n) is 12.5. The van der Waals surface area contributed by atoms with E-state index in [1.807, 2.05) is 0 Å². The predicted octanol–water partition coefficient (Wildman–Crippen LogP) is 1.92. The van der Waals surface area contributed by atoms with Gasteiger partial charge in [0.25, 0.3) is 0 Å². The highest BCUT2D eigenvalue weighted by molar-refractivity contribution is 5.22. The summed E-state index contributed by atoms with van der Waals surface area (Å²) in [5.41, 5.74) is 0. The van der Waals surface area contributed by atoms with E-state index in [9.17, 15) is 9.50 Å². The van der Waals surface area contributed by atoms with E-state index >= 15 is 0 Å². The van der Waals surface area contributed by atoms with Gasteiger partial charge in [0.1, 0.15) is 24.3 Å². The van der Waals surface area contributed by atoms with Crippen LogP contribution < -0.4 is 4.74 Å². The molecule has 2 atom stereocenters. The SMILES string of the molecule is COCC1CCCN(CC(O)COc2ccc(F)cc2)C1. The molecule has 2 rings (SSSR count). The van der Waals surface area contributed by atoms with Gasteiger partial charge in [0.15, 0.2) is 0 Å². The molecule has 0 spiro atoms. The largest absolute Gasteiger partial charge is 0.491 e. The lowest BCUT2D eigenvalue weighted by Gasteiger charge is -2.33. The van der Waals surface area contributed by atoms with Crippen LogP contribution in [0.25, 0.3) is 0 Å². The second-order valence-corrected chi connectivity index (χ2v) is 5.64. The van der Waals surface area contributed by atoms with Crippen LogP contribution in [-0.4, -0.2) is 56.1 Å². The average molecular weight is 297 g/mol. The third-order valence-electron chi connectivity index (χ3n) is 3.73. The van der Waals surface area contributed by atoms with Gasteiger partial charge in [-0.2, -0.15) is 0 Å². The molecule has 0 saturated carbocycles. The van der Waals surface area contributed by atoms with Crippen molar-refractivity contribution in [2.45, 2.75) is 18.9 Å². The second-order valence-electron chi connectivity index (χ2n) is 5.64. The van der Waals surface area contributed by atoms with Crippen LogP contribution in [-0.2, 0) is 4.74 Å². The molecular formula is C16H24FNO3. The monoisotopic (exact) mass is 297 g/mol. The minimum atomic E-state index is -0.545. The normalized spacial score (nSPS) is 21.2. The van der Waals surface area contributed by atoms with Gasteiger partial charge in [-0.25, -0.2) is 4.39 Å². The second kappa shape index (κ2) is 8.32. The summed E-state index contributed by atoms with van der Waals surface area (Å²) in [6.45, 7) is 3.56. The fourth-order valence-electron chi connectivity index (χ4n) is 2.76. The first-order valence-corrected chi connectivity index (χ1v) is 7.45. The quantitative estimate of drug-likeness (QED) is 0.835. The number of nitrogens with zero attached hydrogens (tertiary/aromatic N) is 1. The summed E-state index contributed by atoms with van der Waals surface area (Å²) >= 11 is 0. The van der Waals surface area contributed by atoms with Crippen molar-refractivity contribution in [3.8, 4) is 5.75 Å². The maximum absolute atomic E-state index is 12.8. The van der Waals surface area contributed by atoms with E-state index in [1.54, 1.807) is 19.2 Å². The summed E-state index contributed by atoms with van der Waals surface area (Å²) in [4.78, 5) is 2.26. The van der Waals surface area contributed by atoms with Crippen LogP contribution in [0, 0.1) is 11.7 Å². The summed E-state index contributed by atoms with van der Waals surface area (Å²) < 4.78 is 23.4. The zero-order chi connectivity index (χ0) is 15.1. The Morgan fingerprint density at radius 1 is 1.38 bits per heavy atom. The Kier molecular flexibility index (Phi) is 6.42. The van der Waals surface area contributed by atoms with Gasteiger partial charge in [0.05, 0.1) is 6.61 Å². The topological polar surface area (TPSA) is 41.9 Å². The lowest BCUT2D eigenvalue weighted by molar-refractivity contribution is 0.0371. The molecular weight excluding hydrogens is 273 g/mol. The van der Waals surface area contributed by atoms with Crippen molar-refractivity contribution in [2.75, 3.05) is 40.0 Å². The number of methoxy groups -OCH3 is 1. The van der Waals surface area contributed by atoms with Crippen molar-refractivity contribution >= 4 is 0 Å². The number of piperidine rings is 1. The minimum Gasteiger partial charge on any atom is -0.491 e. The lowest BCUT2D eigenvalue weighted by atomic mass is 9.99. The van der Waals surface area contributed by atoms with Gasteiger partial charge in [-0.1, -0.05) is 0 Å². The van der Waals surface area contributed by atoms with Gasteiger partial charge in [-0.3, -0.25) is 0 Å². The van der Waals surface area contributed by atoms with Crippen molar-refractivity contribution in [3.05, 3.63) is 30.1 Å². The minimum absolute atomic E-state index is 0.219. The van der Waals surface area contributed by atoms with E-state index in [4.69, 9.17) is 9.47 Å². The maximum Gasteiger partial charge on any atom is 0.123 e. The number of β-amino-alcohol motifs (C(OH)–C–C–N with tert-alkyl or cyclic N) is 1. The number of rotatable bonds is 7. The smallest absolute Gasteiger partial charge is 0.123 e. The molecule has 1 saturated heterocycles. The van der Waals surface area contributed by atoms with Gasteiger partial charge in [-0.05, 0) is 49.6 Å². The van der Waals surface area contributed by atoms with Crippen molar-refractivity contribution in [1.82, 2.24) is 4.90 Å². The Labute approximate surface area is 125 Å². The Hall–Kier alpha value is -1.17. The average Bonchev–Trinajstić information content (AvgIpc) is 2.47. The van der Waals surface area contributed by atoms with Crippen molar-refractivity contribution in [3.63, 3.8) is 0 Å². The van der Waals surface area contributed by atoms with Crippen molar-refractivity contribution in [2.24, 2.45) is 5.92 Å². The molecule has 1 aromatic rings. The molecule has 1 fully saturated rings. The first-order valence-electron chi connectivity index (χ1n) is 7.45. The molecule has 0 aliphatic carbocycles. The molecule has 0 aromatic heterocycles. The van der Waals surface area contributed by atoms with Gasteiger partial charge in [0.2, 0.25) is 0 Å². The van der Waals surface area contributed by atoms with Crippen LogP contribution in [0.4, 0.5) is 4.39 Å². The summed E-state index contributed by atoms with van der Waals surface area (Å²) in [5.74, 6) is 0.834. The van der Waals surface area contributed by atoms with Crippen LogP contribution in [0.3, 0.4) is 0 Å². The molecule has 1 aliphatic rings. The van der Waals surface area contributed by atoms with E-state index in [0.717, 1.165) is 26.1 Å². The summed E-state index contributed by atoms with van der Waals surface area (Å²) in [6.07, 6.45) is 1.78. The summed E-state index contributed by atoms with van der Waals surface area (Å²) in [6, 6.07) is 5.83. The maximum atomic E-state index is 12.8. The molecule has 0 bridgehead atoms. The standard InChI is InChI=1S/C16H24FNO3/c1-20-11-13-3-2-8-18(9-13)10-15(19)12-21-16-6-4-14(17)5-7-16/h4-7,13,15,19H,2-3,8-12H2,1H3. The van der Waals surface area contributed by atoms with E-state index in [-0.39, 0.29) is 12.4 Å². The molecule has 5 heteroatoms. The first kappa shape index (κ1) is 16.2. The van der Waals surface area contributed by atoms with Crippen LogP contribution >= 0.6 is 0 Å². The van der Waals surface area contributed by atoms with Crippen molar-refractivity contribution in [1.29, 1.82) is 0 Å². The Morgan fingerprint density at radius 3 is 2.86 bits per heavy atom. The molecule has 4 nitrogen and oxygen atoms in total. The van der Waals surface area contributed by atoms with Crippen LogP contribution in [0.2, 0.25) is 0 Å². The molecule has 0 radical (unpaired) electrons.